The van der Waals surface area contributed by atoms with E-state index in [-0.39, 0.29) is 52.2 Å². The molecule has 0 aliphatic heterocycles. The minimum atomic E-state index is -1.40. The lowest BCUT2D eigenvalue weighted by molar-refractivity contribution is -0.147. The van der Waals surface area contributed by atoms with Gasteiger partial charge in [0.25, 0.3) is 0 Å². The van der Waals surface area contributed by atoms with Crippen molar-refractivity contribution in [1.82, 2.24) is 14.7 Å². The highest BCUT2D eigenvalue weighted by Crippen LogP contribution is 2.23. The van der Waals surface area contributed by atoms with Crippen molar-refractivity contribution >= 4 is 29.8 Å². The second-order valence-corrected chi connectivity index (χ2v) is 16.4. The van der Waals surface area contributed by atoms with Crippen LogP contribution in [0.2, 0.25) is 0 Å². The molecule has 0 fully saturated rings. The molecule has 72 heavy (non-hydrogen) atoms. The summed E-state index contributed by atoms with van der Waals surface area (Å²) in [5.74, 6) is -5.13. The van der Waals surface area contributed by atoms with E-state index in [0.29, 0.717) is 93.4 Å². The van der Waals surface area contributed by atoms with E-state index in [0.717, 1.165) is 0 Å². The Hall–Kier alpha value is -5.95. The van der Waals surface area contributed by atoms with Gasteiger partial charge in [0, 0.05) is 46.5 Å². The quantitative estimate of drug-likeness (QED) is 0.0509. The van der Waals surface area contributed by atoms with Gasteiger partial charge in [-0.3, -0.25) is 38.7 Å². The summed E-state index contributed by atoms with van der Waals surface area (Å²) in [5.41, 5.74) is 1.83. The van der Waals surface area contributed by atoms with E-state index >= 15 is 0 Å². The summed E-state index contributed by atoms with van der Waals surface area (Å²) in [6.45, 7) is 0.663. The number of hydrogen-bond donors (Lipinski definition) is 5. The number of benzene rings is 3. The summed E-state index contributed by atoms with van der Waals surface area (Å²) in [4.78, 5) is 67.1. The van der Waals surface area contributed by atoms with Crippen LogP contribution in [0.3, 0.4) is 0 Å². The van der Waals surface area contributed by atoms with Crippen LogP contribution in [-0.4, -0.2) is 228 Å². The van der Waals surface area contributed by atoms with Gasteiger partial charge >= 0.3 is 29.8 Å². The molecule has 0 aliphatic rings. The second kappa shape index (κ2) is 35.2. The zero-order valence-corrected chi connectivity index (χ0v) is 41.3. The average Bonchev–Trinajstić information content (AvgIpc) is 3.33. The molecule has 0 radical (unpaired) electrons. The van der Waals surface area contributed by atoms with Crippen LogP contribution in [0.25, 0.3) is 0 Å². The molecule has 0 spiro atoms. The number of carbonyl (C=O) groups is 5. The first-order chi connectivity index (χ1) is 34.7. The lowest BCUT2D eigenvalue weighted by Crippen LogP contribution is -2.57. The molecule has 0 saturated heterocycles. The van der Waals surface area contributed by atoms with Crippen LogP contribution < -0.4 is 14.2 Å². The molecule has 3 unspecified atom stereocenters. The molecule has 5 N–H and O–H groups in total. The monoisotopic (exact) mass is 1020 g/mol. The molecule has 0 aromatic heterocycles. The number of rotatable bonds is 43. The van der Waals surface area contributed by atoms with Crippen molar-refractivity contribution < 1.29 is 92.1 Å². The highest BCUT2D eigenvalue weighted by Gasteiger charge is 2.35. The predicted octanol–water partition coefficient (Wildman–Crippen LogP) is 2.27. The number of aliphatic carboxylic acids is 5. The van der Waals surface area contributed by atoms with Crippen LogP contribution in [0.1, 0.15) is 16.7 Å². The van der Waals surface area contributed by atoms with Gasteiger partial charge in [-0.25, -0.2) is 0 Å². The molecule has 400 valence electrons. The fraction of sp³-hybridized carbons (Fsp3) is 0.540. The largest absolute Gasteiger partial charge is 0.491 e. The molecule has 0 saturated carbocycles. The van der Waals surface area contributed by atoms with E-state index in [4.69, 9.17) is 42.6 Å². The maximum atomic E-state index is 13.6. The summed E-state index contributed by atoms with van der Waals surface area (Å²) >= 11 is 0. The minimum absolute atomic E-state index is 0.0303. The van der Waals surface area contributed by atoms with Crippen molar-refractivity contribution in [2.24, 2.45) is 0 Å². The molecule has 0 bridgehead atoms. The van der Waals surface area contributed by atoms with E-state index in [2.05, 4.69) is 0 Å². The molecular formula is C50H71N3O19. The summed E-state index contributed by atoms with van der Waals surface area (Å²) in [5, 5.41) is 51.4. The highest BCUT2D eigenvalue weighted by atomic mass is 16.6. The van der Waals surface area contributed by atoms with Crippen molar-refractivity contribution in [3.63, 3.8) is 0 Å². The molecule has 3 atom stereocenters. The van der Waals surface area contributed by atoms with E-state index in [1.165, 1.54) is 14.7 Å². The summed E-state index contributed by atoms with van der Waals surface area (Å²) in [6.07, 6.45) is -0.0710. The van der Waals surface area contributed by atoms with Crippen LogP contribution >= 0.6 is 0 Å². The van der Waals surface area contributed by atoms with Gasteiger partial charge in [0.1, 0.15) is 43.1 Å². The van der Waals surface area contributed by atoms with Crippen molar-refractivity contribution in [3.05, 3.63) is 89.5 Å². The van der Waals surface area contributed by atoms with Crippen LogP contribution in [-0.2, 0) is 71.7 Å². The molecular weight excluding hydrogens is 947 g/mol. The first-order valence-electron chi connectivity index (χ1n) is 23.4. The molecule has 3 aromatic rings. The third kappa shape index (κ3) is 25.4. The standard InChI is InChI=1S/C50H71N3O19/c1-64-16-19-67-22-25-70-42-10-4-37(5-11-42)28-40(51(33-46(54)55)34-47(56)57)31-53(45(50(62)63)30-39-8-14-44(15-9-39)72-27-24-69-21-18-66-3)32-41(52(35-48(58)59)36-49(60)61)29-38-6-12-43(13-7-38)71-26-23-68-20-17-65-2/h4-15,40-41,45H,16-36H2,1-3H3,(H,54,55)(H,56,57)(H,58,59)(H,60,61)(H,62,63). The number of carboxylic acid groups (broad SMARTS) is 5. The third-order valence-corrected chi connectivity index (χ3v) is 10.9. The molecule has 0 aliphatic carbocycles. The summed E-state index contributed by atoms with van der Waals surface area (Å²) in [7, 11) is 4.70. The number of carboxylic acids is 5. The fourth-order valence-electron chi connectivity index (χ4n) is 7.51. The Kier molecular flexibility index (Phi) is 29.5. The van der Waals surface area contributed by atoms with Crippen LogP contribution in [0, 0.1) is 0 Å². The number of ether oxygens (including phenoxy) is 9. The molecule has 22 heteroatoms. The SMILES string of the molecule is COCCOCCOc1ccc(CC(CN(CC(Cc2ccc(OCCOCCOC)cc2)N(CC(=O)O)CC(=O)O)C(Cc2ccc(OCCOCCOC)cc2)C(=O)O)N(CC(=O)O)CC(=O)O)cc1. The molecule has 0 amide bonds. The lowest BCUT2D eigenvalue weighted by atomic mass is 9.97. The van der Waals surface area contributed by atoms with Crippen LogP contribution in [0.4, 0.5) is 0 Å². The van der Waals surface area contributed by atoms with Gasteiger partial charge in [-0.05, 0) is 72.4 Å². The number of hydrogen-bond acceptors (Lipinski definition) is 17. The predicted molar refractivity (Wildman–Crippen MR) is 259 cm³/mol. The smallest absolute Gasteiger partial charge is 0.321 e. The third-order valence-electron chi connectivity index (χ3n) is 10.9. The molecule has 0 heterocycles. The second-order valence-electron chi connectivity index (χ2n) is 16.4. The maximum Gasteiger partial charge on any atom is 0.321 e. The van der Waals surface area contributed by atoms with E-state index in [9.17, 15) is 49.5 Å². The minimum Gasteiger partial charge on any atom is -0.491 e. The average molecular weight is 1020 g/mol. The Labute approximate surface area is 419 Å². The first kappa shape index (κ1) is 60.4. The van der Waals surface area contributed by atoms with Gasteiger partial charge in [-0.1, -0.05) is 36.4 Å². The first-order valence-corrected chi connectivity index (χ1v) is 23.4. The van der Waals surface area contributed by atoms with Crippen LogP contribution in [0.15, 0.2) is 72.8 Å². The molecule has 3 aromatic carbocycles. The highest BCUT2D eigenvalue weighted by molar-refractivity contribution is 5.75. The Morgan fingerprint density at radius 3 is 0.931 bits per heavy atom. The van der Waals surface area contributed by atoms with Gasteiger partial charge in [-0.2, -0.15) is 0 Å². The van der Waals surface area contributed by atoms with Crippen molar-refractivity contribution in [3.8, 4) is 17.2 Å². The lowest BCUT2D eigenvalue weighted by Gasteiger charge is -2.40. The van der Waals surface area contributed by atoms with Gasteiger partial charge < -0.3 is 68.2 Å². The van der Waals surface area contributed by atoms with Crippen molar-refractivity contribution in [1.29, 1.82) is 0 Å². The molecule has 3 rings (SSSR count). The Morgan fingerprint density at radius 2 is 0.667 bits per heavy atom. The van der Waals surface area contributed by atoms with E-state index in [1.807, 2.05) is 0 Å². The number of nitrogens with zero attached hydrogens (tertiary/aromatic N) is 3. The maximum absolute atomic E-state index is 13.6. The van der Waals surface area contributed by atoms with Crippen molar-refractivity contribution in [2.45, 2.75) is 37.4 Å². The van der Waals surface area contributed by atoms with E-state index < -0.39 is 74.2 Å². The Bertz CT molecular complexity index is 1870. The summed E-state index contributed by atoms with van der Waals surface area (Å²) < 4.78 is 48.8. The van der Waals surface area contributed by atoms with Gasteiger partial charge in [-0.15, -0.1) is 0 Å². The zero-order chi connectivity index (χ0) is 52.5. The Balaban J connectivity index is 2.10. The zero-order valence-electron chi connectivity index (χ0n) is 41.3. The normalized spacial score (nSPS) is 12.7. The van der Waals surface area contributed by atoms with Crippen molar-refractivity contribution in [2.75, 3.05) is 140 Å². The molecule has 22 nitrogen and oxygen atoms in total. The number of methoxy groups -OCH3 is 3. The topological polar surface area (TPSA) is 279 Å². The fourth-order valence-corrected chi connectivity index (χ4v) is 7.51. The Morgan fingerprint density at radius 1 is 0.389 bits per heavy atom. The summed E-state index contributed by atoms with van der Waals surface area (Å²) in [6, 6.07) is 17.1. The van der Waals surface area contributed by atoms with Gasteiger partial charge in [0.15, 0.2) is 0 Å². The van der Waals surface area contributed by atoms with E-state index in [1.54, 1.807) is 94.1 Å². The van der Waals surface area contributed by atoms with Gasteiger partial charge in [0.05, 0.1) is 85.6 Å². The van der Waals surface area contributed by atoms with Crippen LogP contribution in [0.5, 0.6) is 17.2 Å². The van der Waals surface area contributed by atoms with Gasteiger partial charge in [0.2, 0.25) is 0 Å².